The standard InChI is InChI=1S/C9H19N3O2/c1-11-3-2-4-12-5-6-14-7-8(12)9(10)13/h8,11H,2-7H2,1H3,(H2,10,13). The third-order valence-corrected chi connectivity index (χ3v) is 2.44. The van der Waals surface area contributed by atoms with Gasteiger partial charge in [0.1, 0.15) is 6.04 Å². The van der Waals surface area contributed by atoms with Crippen molar-refractivity contribution >= 4 is 5.91 Å². The zero-order chi connectivity index (χ0) is 10.4. The summed E-state index contributed by atoms with van der Waals surface area (Å²) in [5.41, 5.74) is 5.29. The summed E-state index contributed by atoms with van der Waals surface area (Å²) >= 11 is 0. The number of nitrogens with two attached hydrogens (primary N) is 1. The van der Waals surface area contributed by atoms with E-state index in [1.54, 1.807) is 0 Å². The maximum absolute atomic E-state index is 11.1. The van der Waals surface area contributed by atoms with E-state index in [9.17, 15) is 4.79 Å². The second-order valence-corrected chi connectivity index (χ2v) is 3.49. The maximum Gasteiger partial charge on any atom is 0.237 e. The minimum absolute atomic E-state index is 0.236. The number of carbonyl (C=O) groups excluding carboxylic acids is 1. The lowest BCUT2D eigenvalue weighted by atomic mass is 10.2. The van der Waals surface area contributed by atoms with Crippen LogP contribution < -0.4 is 11.1 Å². The summed E-state index contributed by atoms with van der Waals surface area (Å²) in [7, 11) is 1.92. The first-order valence-electron chi connectivity index (χ1n) is 5.01. The molecule has 1 heterocycles. The normalized spacial score (nSPS) is 23.6. The first-order valence-corrected chi connectivity index (χ1v) is 5.01. The Kier molecular flexibility index (Phi) is 4.86. The van der Waals surface area contributed by atoms with Crippen LogP contribution in [0.25, 0.3) is 0 Å². The zero-order valence-electron chi connectivity index (χ0n) is 8.66. The Hall–Kier alpha value is -0.650. The highest BCUT2D eigenvalue weighted by Crippen LogP contribution is 2.06. The first kappa shape index (κ1) is 11.4. The Balaban J connectivity index is 2.34. The molecule has 1 rings (SSSR count). The molecule has 0 saturated carbocycles. The molecule has 3 N–H and O–H groups in total. The van der Waals surface area contributed by atoms with Crippen LogP contribution in [0.3, 0.4) is 0 Å². The minimum atomic E-state index is -0.283. The molecule has 0 radical (unpaired) electrons. The Morgan fingerprint density at radius 2 is 2.50 bits per heavy atom. The fourth-order valence-electron chi connectivity index (χ4n) is 1.63. The Bertz CT molecular complexity index is 187. The van der Waals surface area contributed by atoms with Gasteiger partial charge in [-0.1, -0.05) is 0 Å². The van der Waals surface area contributed by atoms with E-state index >= 15 is 0 Å². The predicted octanol–water partition coefficient (Wildman–Crippen LogP) is -1.22. The van der Waals surface area contributed by atoms with E-state index in [-0.39, 0.29) is 11.9 Å². The van der Waals surface area contributed by atoms with Crippen molar-refractivity contribution in [3.8, 4) is 0 Å². The van der Waals surface area contributed by atoms with Gasteiger partial charge in [0.25, 0.3) is 0 Å². The van der Waals surface area contributed by atoms with Gasteiger partial charge in [-0.2, -0.15) is 0 Å². The maximum atomic E-state index is 11.1. The molecule has 1 amide bonds. The smallest absolute Gasteiger partial charge is 0.237 e. The highest BCUT2D eigenvalue weighted by atomic mass is 16.5. The van der Waals surface area contributed by atoms with Crippen molar-refractivity contribution in [3.05, 3.63) is 0 Å². The van der Waals surface area contributed by atoms with Crippen molar-refractivity contribution in [2.75, 3.05) is 39.9 Å². The topological polar surface area (TPSA) is 67.6 Å². The molecule has 14 heavy (non-hydrogen) atoms. The van der Waals surface area contributed by atoms with Crippen molar-refractivity contribution in [3.63, 3.8) is 0 Å². The number of hydrogen-bond donors (Lipinski definition) is 2. The number of hydrogen-bond acceptors (Lipinski definition) is 4. The van der Waals surface area contributed by atoms with Crippen LogP contribution in [-0.4, -0.2) is 56.7 Å². The monoisotopic (exact) mass is 201 g/mol. The number of nitrogens with one attached hydrogen (secondary N) is 1. The van der Waals surface area contributed by atoms with Crippen LogP contribution in [0.15, 0.2) is 0 Å². The molecule has 0 aromatic rings. The van der Waals surface area contributed by atoms with Gasteiger partial charge in [-0.15, -0.1) is 0 Å². The van der Waals surface area contributed by atoms with Gasteiger partial charge >= 0.3 is 0 Å². The molecule has 5 nitrogen and oxygen atoms in total. The summed E-state index contributed by atoms with van der Waals surface area (Å²) in [4.78, 5) is 13.2. The second kappa shape index (κ2) is 5.95. The highest BCUT2D eigenvalue weighted by molar-refractivity contribution is 5.80. The fourth-order valence-corrected chi connectivity index (χ4v) is 1.63. The van der Waals surface area contributed by atoms with Crippen LogP contribution in [-0.2, 0) is 9.53 Å². The number of ether oxygens (including phenoxy) is 1. The summed E-state index contributed by atoms with van der Waals surface area (Å²) in [5, 5.41) is 3.08. The molecule has 0 aromatic carbocycles. The van der Waals surface area contributed by atoms with E-state index < -0.39 is 0 Å². The lowest BCUT2D eigenvalue weighted by Crippen LogP contribution is -2.52. The van der Waals surface area contributed by atoms with Crippen molar-refractivity contribution in [2.45, 2.75) is 12.5 Å². The predicted molar refractivity (Wildman–Crippen MR) is 53.9 cm³/mol. The molecule has 0 aliphatic carbocycles. The van der Waals surface area contributed by atoms with Crippen molar-refractivity contribution in [1.82, 2.24) is 10.2 Å². The Labute approximate surface area is 84.6 Å². The largest absolute Gasteiger partial charge is 0.378 e. The number of morpholine rings is 1. The summed E-state index contributed by atoms with van der Waals surface area (Å²) in [6, 6.07) is -0.236. The molecule has 1 fully saturated rings. The molecule has 0 spiro atoms. The minimum Gasteiger partial charge on any atom is -0.378 e. The third-order valence-electron chi connectivity index (χ3n) is 2.44. The molecule has 0 bridgehead atoms. The van der Waals surface area contributed by atoms with Crippen LogP contribution >= 0.6 is 0 Å². The van der Waals surface area contributed by atoms with E-state index in [1.165, 1.54) is 0 Å². The van der Waals surface area contributed by atoms with Crippen LogP contribution in [0.1, 0.15) is 6.42 Å². The molecule has 0 aromatic heterocycles. The summed E-state index contributed by atoms with van der Waals surface area (Å²) in [5.74, 6) is -0.283. The van der Waals surface area contributed by atoms with Gasteiger partial charge in [0.2, 0.25) is 5.91 Å². The Morgan fingerprint density at radius 3 is 3.14 bits per heavy atom. The van der Waals surface area contributed by atoms with Gasteiger partial charge in [0.15, 0.2) is 0 Å². The van der Waals surface area contributed by atoms with Gasteiger partial charge in [0, 0.05) is 13.1 Å². The zero-order valence-corrected chi connectivity index (χ0v) is 8.66. The molecule has 1 aliphatic rings. The SMILES string of the molecule is CNCCCN1CCOCC1C(N)=O. The van der Waals surface area contributed by atoms with Gasteiger partial charge in [-0.3, -0.25) is 9.69 Å². The summed E-state index contributed by atoms with van der Waals surface area (Å²) in [6.07, 6.45) is 1.03. The van der Waals surface area contributed by atoms with E-state index in [0.717, 1.165) is 26.1 Å². The number of rotatable bonds is 5. The third kappa shape index (κ3) is 3.25. The lowest BCUT2D eigenvalue weighted by molar-refractivity contribution is -0.129. The molecule has 1 saturated heterocycles. The molecule has 1 unspecified atom stereocenters. The van der Waals surface area contributed by atoms with Gasteiger partial charge in [-0.25, -0.2) is 0 Å². The van der Waals surface area contributed by atoms with E-state index in [1.807, 2.05) is 7.05 Å². The first-order chi connectivity index (χ1) is 6.75. The Morgan fingerprint density at radius 1 is 1.71 bits per heavy atom. The molecule has 1 atom stereocenters. The number of amides is 1. The molecule has 5 heteroatoms. The van der Waals surface area contributed by atoms with Gasteiger partial charge in [0.05, 0.1) is 13.2 Å². The van der Waals surface area contributed by atoms with E-state index in [0.29, 0.717) is 13.2 Å². The number of primary amides is 1. The molecular formula is C9H19N3O2. The summed E-state index contributed by atoms with van der Waals surface area (Å²) < 4.78 is 5.22. The summed E-state index contributed by atoms with van der Waals surface area (Å²) in [6.45, 7) is 3.80. The number of nitrogens with zero attached hydrogens (tertiary/aromatic N) is 1. The average Bonchev–Trinajstić information content (AvgIpc) is 2.19. The number of carbonyl (C=O) groups is 1. The van der Waals surface area contributed by atoms with Crippen LogP contribution in [0.4, 0.5) is 0 Å². The lowest BCUT2D eigenvalue weighted by Gasteiger charge is -2.33. The van der Waals surface area contributed by atoms with Crippen LogP contribution in [0.5, 0.6) is 0 Å². The van der Waals surface area contributed by atoms with Crippen molar-refractivity contribution in [1.29, 1.82) is 0 Å². The molecule has 1 aliphatic heterocycles. The fraction of sp³-hybridized carbons (Fsp3) is 0.889. The van der Waals surface area contributed by atoms with Crippen molar-refractivity contribution < 1.29 is 9.53 Å². The highest BCUT2D eigenvalue weighted by Gasteiger charge is 2.26. The van der Waals surface area contributed by atoms with Gasteiger partial charge < -0.3 is 15.8 Å². The molecule has 82 valence electrons. The van der Waals surface area contributed by atoms with Crippen LogP contribution in [0, 0.1) is 0 Å². The van der Waals surface area contributed by atoms with Crippen LogP contribution in [0.2, 0.25) is 0 Å². The average molecular weight is 201 g/mol. The van der Waals surface area contributed by atoms with E-state index in [4.69, 9.17) is 10.5 Å². The van der Waals surface area contributed by atoms with E-state index in [2.05, 4.69) is 10.2 Å². The second-order valence-electron chi connectivity index (χ2n) is 3.49. The quantitative estimate of drug-likeness (QED) is 0.547. The van der Waals surface area contributed by atoms with Gasteiger partial charge in [-0.05, 0) is 20.0 Å². The van der Waals surface area contributed by atoms with Crippen molar-refractivity contribution in [2.24, 2.45) is 5.73 Å². The molecular weight excluding hydrogens is 182 g/mol.